The molecule has 5 rings (SSSR count). The second-order valence-corrected chi connectivity index (χ2v) is 7.81. The summed E-state index contributed by atoms with van der Waals surface area (Å²) in [5, 5.41) is 8.65. The van der Waals surface area contributed by atoms with Crippen LogP contribution >= 0.6 is 0 Å². The van der Waals surface area contributed by atoms with Crippen molar-refractivity contribution in [3.8, 4) is 0 Å². The van der Waals surface area contributed by atoms with Crippen LogP contribution in [0.1, 0.15) is 67.4 Å². The first-order chi connectivity index (χ1) is 12.3. The van der Waals surface area contributed by atoms with Gasteiger partial charge >= 0.3 is 0 Å². The van der Waals surface area contributed by atoms with E-state index in [2.05, 4.69) is 15.2 Å². The zero-order valence-corrected chi connectivity index (χ0v) is 14.4. The van der Waals surface area contributed by atoms with E-state index in [0.29, 0.717) is 24.4 Å². The number of likely N-dealkylation sites (tertiary alicyclic amines) is 1. The van der Waals surface area contributed by atoms with E-state index in [-0.39, 0.29) is 5.56 Å². The number of rotatable bonds is 6. The first-order valence-electron chi connectivity index (χ1n) is 9.53. The van der Waals surface area contributed by atoms with Crippen molar-refractivity contribution in [2.45, 2.75) is 69.5 Å². The molecule has 132 valence electrons. The molecule has 2 aromatic rings. The number of hydrogen-bond donors (Lipinski definition) is 0. The van der Waals surface area contributed by atoms with E-state index in [1.165, 1.54) is 37.7 Å². The standard InChI is InChI=1S/C19H24N4O2/c24-18-8-7-17(13-3-4-13)21-23(18)12-16-2-1-9-22(16)11-15-10-20-25-19(15)14-5-6-14/h7-8,10,13-14,16H,1-6,9,11-12H2. The Bertz CT molecular complexity index is 819. The van der Waals surface area contributed by atoms with Gasteiger partial charge in [0.1, 0.15) is 5.76 Å². The highest BCUT2D eigenvalue weighted by Gasteiger charge is 2.33. The third-order valence-corrected chi connectivity index (χ3v) is 5.76. The van der Waals surface area contributed by atoms with E-state index in [0.717, 1.165) is 31.0 Å². The maximum absolute atomic E-state index is 12.2. The van der Waals surface area contributed by atoms with Gasteiger partial charge in [0.2, 0.25) is 0 Å². The topological polar surface area (TPSA) is 64.2 Å². The summed E-state index contributed by atoms with van der Waals surface area (Å²) < 4.78 is 7.16. The van der Waals surface area contributed by atoms with E-state index in [4.69, 9.17) is 4.52 Å². The van der Waals surface area contributed by atoms with Gasteiger partial charge in [-0.3, -0.25) is 9.69 Å². The minimum Gasteiger partial charge on any atom is -0.361 e. The lowest BCUT2D eigenvalue weighted by Gasteiger charge is -2.24. The maximum Gasteiger partial charge on any atom is 0.266 e. The Balaban J connectivity index is 1.32. The van der Waals surface area contributed by atoms with Gasteiger partial charge in [-0.15, -0.1) is 0 Å². The second kappa shape index (κ2) is 6.09. The van der Waals surface area contributed by atoms with Crippen LogP contribution in [0.3, 0.4) is 0 Å². The molecule has 1 atom stereocenters. The van der Waals surface area contributed by atoms with Gasteiger partial charge in [-0.25, -0.2) is 4.68 Å². The third-order valence-electron chi connectivity index (χ3n) is 5.76. The molecule has 6 heteroatoms. The van der Waals surface area contributed by atoms with Crippen LogP contribution in [0.5, 0.6) is 0 Å². The number of aromatic nitrogens is 3. The Morgan fingerprint density at radius 1 is 1.12 bits per heavy atom. The maximum atomic E-state index is 12.2. The van der Waals surface area contributed by atoms with Crippen LogP contribution in [0.2, 0.25) is 0 Å². The van der Waals surface area contributed by atoms with Crippen molar-refractivity contribution in [1.29, 1.82) is 0 Å². The summed E-state index contributed by atoms with van der Waals surface area (Å²) in [4.78, 5) is 14.7. The molecule has 3 aliphatic rings. The lowest BCUT2D eigenvalue weighted by Crippen LogP contribution is -2.37. The van der Waals surface area contributed by atoms with Gasteiger partial charge in [0.15, 0.2) is 0 Å². The Morgan fingerprint density at radius 2 is 1.96 bits per heavy atom. The lowest BCUT2D eigenvalue weighted by molar-refractivity contribution is 0.214. The fourth-order valence-corrected chi connectivity index (χ4v) is 3.99. The zero-order valence-electron chi connectivity index (χ0n) is 14.4. The first kappa shape index (κ1) is 15.3. The summed E-state index contributed by atoms with van der Waals surface area (Å²) in [6, 6.07) is 3.95. The highest BCUT2D eigenvalue weighted by atomic mass is 16.5. The van der Waals surface area contributed by atoms with E-state index in [1.807, 2.05) is 12.3 Å². The third kappa shape index (κ3) is 3.15. The molecule has 2 aliphatic carbocycles. The van der Waals surface area contributed by atoms with Gasteiger partial charge in [-0.05, 0) is 51.1 Å². The van der Waals surface area contributed by atoms with Gasteiger partial charge in [-0.1, -0.05) is 5.16 Å². The zero-order chi connectivity index (χ0) is 16.8. The Morgan fingerprint density at radius 3 is 2.76 bits per heavy atom. The molecule has 0 radical (unpaired) electrons. The van der Waals surface area contributed by atoms with E-state index in [1.54, 1.807) is 10.7 Å². The van der Waals surface area contributed by atoms with Crippen LogP contribution in [-0.2, 0) is 13.1 Å². The quantitative estimate of drug-likeness (QED) is 0.809. The van der Waals surface area contributed by atoms with Crippen molar-refractivity contribution in [3.63, 3.8) is 0 Å². The Kier molecular flexibility index (Phi) is 3.73. The van der Waals surface area contributed by atoms with Crippen molar-refractivity contribution in [2.24, 2.45) is 0 Å². The van der Waals surface area contributed by atoms with Crippen molar-refractivity contribution in [2.75, 3.05) is 6.54 Å². The van der Waals surface area contributed by atoms with E-state index in [9.17, 15) is 4.79 Å². The fourth-order valence-electron chi connectivity index (χ4n) is 3.99. The van der Waals surface area contributed by atoms with E-state index >= 15 is 0 Å². The van der Waals surface area contributed by atoms with Gasteiger partial charge in [0.05, 0.1) is 18.4 Å². The average Bonchev–Trinajstić information content (AvgIpc) is 3.54. The minimum atomic E-state index is 0.0138. The van der Waals surface area contributed by atoms with Gasteiger partial charge in [0.25, 0.3) is 5.56 Å². The van der Waals surface area contributed by atoms with Gasteiger partial charge < -0.3 is 4.52 Å². The summed E-state index contributed by atoms with van der Waals surface area (Å²) in [5.41, 5.74) is 2.32. The molecule has 0 amide bonds. The van der Waals surface area contributed by atoms with Crippen molar-refractivity contribution in [1.82, 2.24) is 19.8 Å². The molecule has 0 bridgehead atoms. The molecule has 2 saturated carbocycles. The molecule has 1 unspecified atom stereocenters. The van der Waals surface area contributed by atoms with Crippen molar-refractivity contribution >= 4 is 0 Å². The normalized spacial score (nSPS) is 24.1. The molecular weight excluding hydrogens is 316 g/mol. The highest BCUT2D eigenvalue weighted by molar-refractivity contribution is 5.21. The first-order valence-corrected chi connectivity index (χ1v) is 9.53. The molecule has 6 nitrogen and oxygen atoms in total. The molecule has 2 aromatic heterocycles. The molecule has 1 saturated heterocycles. The van der Waals surface area contributed by atoms with Crippen LogP contribution in [0.15, 0.2) is 27.6 Å². The molecule has 25 heavy (non-hydrogen) atoms. The average molecular weight is 340 g/mol. The monoisotopic (exact) mass is 340 g/mol. The molecule has 3 heterocycles. The molecule has 0 spiro atoms. The fraction of sp³-hybridized carbons (Fsp3) is 0.632. The molecule has 0 aromatic carbocycles. The van der Waals surface area contributed by atoms with Crippen molar-refractivity contribution in [3.05, 3.63) is 45.7 Å². The van der Waals surface area contributed by atoms with Crippen LogP contribution in [0, 0.1) is 0 Å². The summed E-state index contributed by atoms with van der Waals surface area (Å²) in [6.45, 7) is 2.62. The van der Waals surface area contributed by atoms with Crippen LogP contribution in [0.4, 0.5) is 0 Å². The Labute approximate surface area is 146 Å². The minimum absolute atomic E-state index is 0.0138. The second-order valence-electron chi connectivity index (χ2n) is 7.81. The molecule has 0 N–H and O–H groups in total. The number of hydrogen-bond acceptors (Lipinski definition) is 5. The molecular formula is C19H24N4O2. The molecule has 1 aliphatic heterocycles. The van der Waals surface area contributed by atoms with Crippen LogP contribution in [-0.4, -0.2) is 32.4 Å². The van der Waals surface area contributed by atoms with Gasteiger partial charge in [0, 0.05) is 36.1 Å². The van der Waals surface area contributed by atoms with Crippen LogP contribution in [0.25, 0.3) is 0 Å². The van der Waals surface area contributed by atoms with Crippen LogP contribution < -0.4 is 5.56 Å². The predicted octanol–water partition coefficient (Wildman–Crippen LogP) is 2.65. The predicted molar refractivity (Wildman–Crippen MR) is 92.4 cm³/mol. The smallest absolute Gasteiger partial charge is 0.266 e. The largest absolute Gasteiger partial charge is 0.361 e. The highest BCUT2D eigenvalue weighted by Crippen LogP contribution is 2.42. The Hall–Kier alpha value is -1.95. The van der Waals surface area contributed by atoms with Gasteiger partial charge in [-0.2, -0.15) is 5.10 Å². The van der Waals surface area contributed by atoms with Crippen molar-refractivity contribution < 1.29 is 4.52 Å². The summed E-state index contributed by atoms with van der Waals surface area (Å²) in [6.07, 6.45) is 9.02. The number of nitrogens with zero attached hydrogens (tertiary/aromatic N) is 4. The summed E-state index contributed by atoms with van der Waals surface area (Å²) in [7, 11) is 0. The van der Waals surface area contributed by atoms with E-state index < -0.39 is 0 Å². The SMILES string of the molecule is O=c1ccc(C2CC2)nn1CC1CCCN1Cc1cnoc1C1CC1. The summed E-state index contributed by atoms with van der Waals surface area (Å²) in [5.74, 6) is 2.24. The summed E-state index contributed by atoms with van der Waals surface area (Å²) >= 11 is 0. The molecule has 3 fully saturated rings. The lowest BCUT2D eigenvalue weighted by atomic mass is 10.1.